The molecule has 0 saturated carbocycles. The molecular weight excluding hydrogens is 126 g/mol. The second-order valence-corrected chi connectivity index (χ2v) is 3.07. The predicted octanol–water partition coefficient (Wildman–Crippen LogP) is 1.12. The molecule has 2 heteroatoms. The van der Waals surface area contributed by atoms with Crippen molar-refractivity contribution in [2.45, 2.75) is 25.9 Å². The first kappa shape index (κ1) is 8.02. The molecular formula is C8H17NO. The third-order valence-corrected chi connectivity index (χ3v) is 1.88. The minimum absolute atomic E-state index is 0.538. The summed E-state index contributed by atoms with van der Waals surface area (Å²) in [4.78, 5) is 2.27. The third kappa shape index (κ3) is 2.27. The van der Waals surface area contributed by atoms with Gasteiger partial charge in [0.1, 0.15) is 0 Å². The van der Waals surface area contributed by atoms with Crippen LogP contribution in [0.1, 0.15) is 19.8 Å². The maximum Gasteiger partial charge on any atom is 0.0828 e. The van der Waals surface area contributed by atoms with Gasteiger partial charge < -0.3 is 9.64 Å². The zero-order valence-corrected chi connectivity index (χ0v) is 6.97. The molecule has 0 bridgehead atoms. The molecule has 2 nitrogen and oxygen atoms in total. The SMILES string of the molecule is CCCCOC1CN(C)C1. The summed E-state index contributed by atoms with van der Waals surface area (Å²) in [5.74, 6) is 0. The van der Waals surface area contributed by atoms with E-state index >= 15 is 0 Å². The second kappa shape index (κ2) is 3.94. The van der Waals surface area contributed by atoms with Gasteiger partial charge in [-0.15, -0.1) is 0 Å². The van der Waals surface area contributed by atoms with Crippen LogP contribution in [0.25, 0.3) is 0 Å². The van der Waals surface area contributed by atoms with E-state index in [4.69, 9.17) is 4.74 Å². The van der Waals surface area contributed by atoms with Gasteiger partial charge in [-0.25, -0.2) is 0 Å². The van der Waals surface area contributed by atoms with Crippen molar-refractivity contribution in [3.05, 3.63) is 0 Å². The smallest absolute Gasteiger partial charge is 0.0828 e. The van der Waals surface area contributed by atoms with Gasteiger partial charge in [-0.2, -0.15) is 0 Å². The van der Waals surface area contributed by atoms with E-state index in [1.807, 2.05) is 0 Å². The minimum atomic E-state index is 0.538. The lowest BCUT2D eigenvalue weighted by molar-refractivity contribution is -0.0438. The molecule has 0 radical (unpaired) electrons. The second-order valence-electron chi connectivity index (χ2n) is 3.07. The highest BCUT2D eigenvalue weighted by molar-refractivity contribution is 4.76. The number of hydrogen-bond donors (Lipinski definition) is 0. The third-order valence-electron chi connectivity index (χ3n) is 1.88. The van der Waals surface area contributed by atoms with Crippen LogP contribution in [0.3, 0.4) is 0 Å². The van der Waals surface area contributed by atoms with Crippen molar-refractivity contribution < 1.29 is 4.74 Å². The van der Waals surface area contributed by atoms with Crippen LogP contribution in [0.4, 0.5) is 0 Å². The zero-order chi connectivity index (χ0) is 7.40. The van der Waals surface area contributed by atoms with Gasteiger partial charge in [-0.1, -0.05) is 13.3 Å². The molecule has 0 aromatic carbocycles. The van der Waals surface area contributed by atoms with Crippen molar-refractivity contribution >= 4 is 0 Å². The summed E-state index contributed by atoms with van der Waals surface area (Å²) in [7, 11) is 2.12. The number of unbranched alkanes of at least 4 members (excludes halogenated alkanes) is 1. The molecule has 0 aromatic rings. The van der Waals surface area contributed by atoms with Gasteiger partial charge in [-0.3, -0.25) is 0 Å². The van der Waals surface area contributed by atoms with E-state index in [1.54, 1.807) is 0 Å². The van der Waals surface area contributed by atoms with Gasteiger partial charge in [0, 0.05) is 19.7 Å². The molecule has 0 unspecified atom stereocenters. The van der Waals surface area contributed by atoms with Crippen LogP contribution in [0, 0.1) is 0 Å². The van der Waals surface area contributed by atoms with Crippen molar-refractivity contribution in [3.63, 3.8) is 0 Å². The molecule has 1 saturated heterocycles. The Morgan fingerprint density at radius 3 is 2.70 bits per heavy atom. The number of rotatable bonds is 4. The van der Waals surface area contributed by atoms with Gasteiger partial charge in [0.15, 0.2) is 0 Å². The van der Waals surface area contributed by atoms with E-state index in [-0.39, 0.29) is 0 Å². The number of likely N-dealkylation sites (N-methyl/N-ethyl adjacent to an activating group) is 1. The normalized spacial score (nSPS) is 21.0. The maximum atomic E-state index is 5.55. The fourth-order valence-corrected chi connectivity index (χ4v) is 1.14. The average Bonchev–Trinajstić information content (AvgIpc) is 1.85. The Kier molecular flexibility index (Phi) is 3.16. The van der Waals surface area contributed by atoms with Crippen molar-refractivity contribution in [2.75, 3.05) is 26.7 Å². The Morgan fingerprint density at radius 2 is 2.20 bits per heavy atom. The summed E-state index contributed by atoms with van der Waals surface area (Å²) in [5, 5.41) is 0. The lowest BCUT2D eigenvalue weighted by Gasteiger charge is -2.35. The molecule has 60 valence electrons. The minimum Gasteiger partial charge on any atom is -0.376 e. The Balaban J connectivity index is 1.86. The van der Waals surface area contributed by atoms with E-state index in [0.717, 1.165) is 19.7 Å². The Bertz CT molecular complexity index is 89.3. The highest BCUT2D eigenvalue weighted by Gasteiger charge is 2.22. The molecule has 1 fully saturated rings. The highest BCUT2D eigenvalue weighted by Crippen LogP contribution is 2.08. The summed E-state index contributed by atoms with van der Waals surface area (Å²) >= 11 is 0. The summed E-state index contributed by atoms with van der Waals surface area (Å²) in [6.07, 6.45) is 2.99. The number of hydrogen-bond acceptors (Lipinski definition) is 2. The maximum absolute atomic E-state index is 5.55. The molecule has 0 amide bonds. The van der Waals surface area contributed by atoms with Gasteiger partial charge in [-0.05, 0) is 13.5 Å². The molecule has 1 heterocycles. The lowest BCUT2D eigenvalue weighted by atomic mass is 10.2. The van der Waals surface area contributed by atoms with Crippen LogP contribution < -0.4 is 0 Å². The van der Waals surface area contributed by atoms with Crippen LogP contribution in [-0.2, 0) is 4.74 Å². The van der Waals surface area contributed by atoms with Gasteiger partial charge in [0.25, 0.3) is 0 Å². The summed E-state index contributed by atoms with van der Waals surface area (Å²) in [5.41, 5.74) is 0. The molecule has 0 spiro atoms. The lowest BCUT2D eigenvalue weighted by Crippen LogP contribution is -2.49. The summed E-state index contributed by atoms with van der Waals surface area (Å²) in [6.45, 7) is 5.40. The topological polar surface area (TPSA) is 12.5 Å². The number of ether oxygens (including phenoxy) is 1. The molecule has 1 aliphatic heterocycles. The summed E-state index contributed by atoms with van der Waals surface area (Å²) < 4.78 is 5.55. The van der Waals surface area contributed by atoms with Crippen LogP contribution in [0.15, 0.2) is 0 Å². The van der Waals surface area contributed by atoms with Gasteiger partial charge in [0.05, 0.1) is 6.10 Å². The Labute approximate surface area is 63.2 Å². The van der Waals surface area contributed by atoms with E-state index < -0.39 is 0 Å². The molecule has 10 heavy (non-hydrogen) atoms. The number of nitrogens with zero attached hydrogens (tertiary/aromatic N) is 1. The van der Waals surface area contributed by atoms with E-state index in [9.17, 15) is 0 Å². The van der Waals surface area contributed by atoms with Crippen molar-refractivity contribution in [1.29, 1.82) is 0 Å². The van der Waals surface area contributed by atoms with Crippen molar-refractivity contribution in [3.8, 4) is 0 Å². The van der Waals surface area contributed by atoms with Crippen LogP contribution in [0.2, 0.25) is 0 Å². The van der Waals surface area contributed by atoms with Gasteiger partial charge in [0.2, 0.25) is 0 Å². The first-order chi connectivity index (χ1) is 4.83. The van der Waals surface area contributed by atoms with Crippen LogP contribution in [0.5, 0.6) is 0 Å². The Morgan fingerprint density at radius 1 is 1.50 bits per heavy atom. The highest BCUT2D eigenvalue weighted by atomic mass is 16.5. The molecule has 0 aromatic heterocycles. The van der Waals surface area contributed by atoms with E-state index in [0.29, 0.717) is 6.10 Å². The van der Waals surface area contributed by atoms with Crippen LogP contribution in [-0.4, -0.2) is 37.7 Å². The monoisotopic (exact) mass is 143 g/mol. The average molecular weight is 143 g/mol. The Hall–Kier alpha value is -0.0800. The summed E-state index contributed by atoms with van der Waals surface area (Å²) in [6, 6.07) is 0. The largest absolute Gasteiger partial charge is 0.376 e. The van der Waals surface area contributed by atoms with E-state index in [2.05, 4.69) is 18.9 Å². The number of likely N-dealkylation sites (tertiary alicyclic amines) is 1. The van der Waals surface area contributed by atoms with E-state index in [1.165, 1.54) is 12.8 Å². The predicted molar refractivity (Wildman–Crippen MR) is 42.1 cm³/mol. The quantitative estimate of drug-likeness (QED) is 0.547. The molecule has 1 aliphatic rings. The first-order valence-corrected chi connectivity index (χ1v) is 4.13. The van der Waals surface area contributed by atoms with Crippen LogP contribution >= 0.6 is 0 Å². The molecule has 0 atom stereocenters. The van der Waals surface area contributed by atoms with Gasteiger partial charge >= 0.3 is 0 Å². The molecule has 0 aliphatic carbocycles. The van der Waals surface area contributed by atoms with Crippen molar-refractivity contribution in [1.82, 2.24) is 4.90 Å². The fraction of sp³-hybridized carbons (Fsp3) is 1.00. The fourth-order valence-electron chi connectivity index (χ4n) is 1.14. The zero-order valence-electron chi connectivity index (χ0n) is 6.97. The van der Waals surface area contributed by atoms with Crippen molar-refractivity contribution in [2.24, 2.45) is 0 Å². The first-order valence-electron chi connectivity index (χ1n) is 4.13. The standard InChI is InChI=1S/C8H17NO/c1-3-4-5-10-8-6-9(2)7-8/h8H,3-7H2,1-2H3. The molecule has 0 N–H and O–H groups in total. The molecule has 1 rings (SSSR count).